The fraction of sp³-hybridized carbons (Fsp3) is 0.263. The molecule has 4 aromatic carbocycles. The third-order valence-electron chi connectivity index (χ3n) is 6.96. The van der Waals surface area contributed by atoms with Crippen molar-refractivity contribution in [2.75, 3.05) is 0 Å². The van der Waals surface area contributed by atoms with Gasteiger partial charge in [-0.05, 0) is 91.6 Å². The molecule has 39 heavy (non-hydrogen) atoms. The van der Waals surface area contributed by atoms with E-state index in [2.05, 4.69) is 79.2 Å². The van der Waals surface area contributed by atoms with E-state index < -0.39 is 0 Å². The lowest BCUT2D eigenvalue weighted by atomic mass is 10.0. The molecule has 196 valence electrons. The van der Waals surface area contributed by atoms with Crippen LogP contribution in [0.25, 0.3) is 10.8 Å². The number of allylic oxidation sites excluding steroid dienone is 2. The van der Waals surface area contributed by atoms with Crippen LogP contribution in [-0.2, 0) is 12.8 Å². The van der Waals surface area contributed by atoms with Gasteiger partial charge in [0, 0.05) is 22.1 Å². The molecule has 0 aliphatic heterocycles. The van der Waals surface area contributed by atoms with Crippen LogP contribution in [0.15, 0.2) is 91.0 Å². The predicted molar refractivity (Wildman–Crippen MR) is 164 cm³/mol. The maximum absolute atomic E-state index is 15.3. The molecular weight excluding hydrogens is 475 g/mol. The molecule has 0 amide bonds. The summed E-state index contributed by atoms with van der Waals surface area (Å²) in [6.45, 7) is 4.29. The molecular formula is C38H37F. The average molecular weight is 513 g/mol. The molecule has 0 saturated carbocycles. The number of aryl methyl sites for hydroxylation is 2. The second kappa shape index (κ2) is 14.8. The molecule has 0 atom stereocenters. The van der Waals surface area contributed by atoms with Crippen molar-refractivity contribution < 1.29 is 4.39 Å². The van der Waals surface area contributed by atoms with Crippen LogP contribution in [-0.4, -0.2) is 0 Å². The molecule has 0 N–H and O–H groups in total. The molecule has 0 unspecified atom stereocenters. The molecule has 0 radical (unpaired) electrons. The highest BCUT2D eigenvalue weighted by molar-refractivity contribution is 5.86. The standard InChI is InChI=1S/C38H37F/c1-3-5-7-8-10-12-31-15-19-33(20-16-31)23-25-35-26-27-36-29-34(24-28-37(36)38(35)39)22-21-32-17-13-30(14-18-32)11-9-6-4-2/h4,6,13-20,24,26-29H,3,5,7-12H2,1-2H3/b6-4+. The number of halogens is 1. The van der Waals surface area contributed by atoms with E-state index in [1.165, 1.54) is 43.2 Å². The van der Waals surface area contributed by atoms with Gasteiger partial charge in [-0.25, -0.2) is 4.39 Å². The Hall–Kier alpha value is -4.07. The summed E-state index contributed by atoms with van der Waals surface area (Å²) in [6, 6.07) is 26.1. The molecule has 4 aromatic rings. The van der Waals surface area contributed by atoms with Gasteiger partial charge in [0.05, 0.1) is 5.56 Å². The smallest absolute Gasteiger partial charge is 0.146 e. The lowest BCUT2D eigenvalue weighted by molar-refractivity contribution is 0.632. The van der Waals surface area contributed by atoms with Crippen LogP contribution in [0.4, 0.5) is 4.39 Å². The summed E-state index contributed by atoms with van der Waals surface area (Å²) in [5.74, 6) is 12.3. The third kappa shape index (κ3) is 8.46. The zero-order valence-electron chi connectivity index (χ0n) is 23.2. The summed E-state index contributed by atoms with van der Waals surface area (Å²) in [4.78, 5) is 0. The van der Waals surface area contributed by atoms with Crippen LogP contribution in [0.3, 0.4) is 0 Å². The van der Waals surface area contributed by atoms with Gasteiger partial charge in [-0.1, -0.05) is 105 Å². The average Bonchev–Trinajstić information content (AvgIpc) is 2.97. The quantitative estimate of drug-likeness (QED) is 0.119. The minimum atomic E-state index is -0.281. The van der Waals surface area contributed by atoms with Crippen molar-refractivity contribution >= 4 is 10.8 Å². The van der Waals surface area contributed by atoms with Gasteiger partial charge in [-0.15, -0.1) is 0 Å². The van der Waals surface area contributed by atoms with Crippen molar-refractivity contribution in [2.45, 2.75) is 65.2 Å². The SMILES string of the molecule is C/C=C/CCc1ccc(C#Cc2ccc3c(F)c(C#Cc4ccc(CCCCCCC)cc4)ccc3c2)cc1. The number of benzene rings is 4. The first-order valence-electron chi connectivity index (χ1n) is 14.2. The van der Waals surface area contributed by atoms with Gasteiger partial charge in [-0.2, -0.15) is 0 Å². The van der Waals surface area contributed by atoms with Crippen molar-refractivity contribution in [2.24, 2.45) is 0 Å². The second-order valence-electron chi connectivity index (χ2n) is 10.0. The first kappa shape index (κ1) is 28.0. The lowest BCUT2D eigenvalue weighted by Gasteiger charge is -2.03. The van der Waals surface area contributed by atoms with Crippen molar-refractivity contribution in [3.63, 3.8) is 0 Å². The van der Waals surface area contributed by atoms with E-state index in [1.54, 1.807) is 12.1 Å². The van der Waals surface area contributed by atoms with E-state index in [-0.39, 0.29) is 5.82 Å². The Morgan fingerprint density at radius 2 is 1.26 bits per heavy atom. The number of hydrogen-bond acceptors (Lipinski definition) is 0. The molecule has 1 heteroatoms. The zero-order valence-corrected chi connectivity index (χ0v) is 23.2. The topological polar surface area (TPSA) is 0 Å². The van der Waals surface area contributed by atoms with E-state index in [4.69, 9.17) is 0 Å². The number of fused-ring (bicyclic) bond motifs is 1. The monoisotopic (exact) mass is 512 g/mol. The van der Waals surface area contributed by atoms with Gasteiger partial charge in [0.15, 0.2) is 0 Å². The van der Waals surface area contributed by atoms with Gasteiger partial charge < -0.3 is 0 Å². The second-order valence-corrected chi connectivity index (χ2v) is 10.0. The maximum atomic E-state index is 15.3. The van der Waals surface area contributed by atoms with Gasteiger partial charge in [0.1, 0.15) is 5.82 Å². The first-order chi connectivity index (χ1) is 19.2. The summed E-state index contributed by atoms with van der Waals surface area (Å²) in [7, 11) is 0. The number of hydrogen-bond donors (Lipinski definition) is 0. The molecule has 0 nitrogen and oxygen atoms in total. The van der Waals surface area contributed by atoms with Crippen LogP contribution >= 0.6 is 0 Å². The van der Waals surface area contributed by atoms with Crippen LogP contribution in [0.1, 0.15) is 85.8 Å². The van der Waals surface area contributed by atoms with E-state index in [9.17, 15) is 0 Å². The molecule has 0 aliphatic rings. The fourth-order valence-electron chi connectivity index (χ4n) is 4.61. The Morgan fingerprint density at radius 3 is 1.95 bits per heavy atom. The van der Waals surface area contributed by atoms with E-state index in [0.717, 1.165) is 41.3 Å². The molecule has 4 rings (SSSR count). The van der Waals surface area contributed by atoms with Crippen molar-refractivity contribution in [3.05, 3.63) is 130 Å². The molecule has 0 bridgehead atoms. The Kier molecular flexibility index (Phi) is 10.6. The minimum Gasteiger partial charge on any atom is -0.205 e. The summed E-state index contributed by atoms with van der Waals surface area (Å²) in [6.07, 6.45) is 13.9. The zero-order chi connectivity index (χ0) is 27.3. The molecule has 0 fully saturated rings. The Morgan fingerprint density at radius 1 is 0.641 bits per heavy atom. The minimum absolute atomic E-state index is 0.281. The highest BCUT2D eigenvalue weighted by Crippen LogP contribution is 2.22. The predicted octanol–water partition coefficient (Wildman–Crippen LogP) is 9.80. The molecule has 0 spiro atoms. The normalized spacial score (nSPS) is 10.7. The summed E-state index contributed by atoms with van der Waals surface area (Å²) in [5, 5.41) is 1.39. The molecule has 0 heterocycles. The van der Waals surface area contributed by atoms with Gasteiger partial charge >= 0.3 is 0 Å². The molecule has 0 aliphatic carbocycles. The Labute approximate surface area is 234 Å². The third-order valence-corrected chi connectivity index (χ3v) is 6.96. The summed E-state index contributed by atoms with van der Waals surface area (Å²) < 4.78 is 15.3. The van der Waals surface area contributed by atoms with Crippen LogP contribution in [0.2, 0.25) is 0 Å². The highest BCUT2D eigenvalue weighted by Gasteiger charge is 2.06. The maximum Gasteiger partial charge on any atom is 0.146 e. The molecule has 0 aromatic heterocycles. The highest BCUT2D eigenvalue weighted by atomic mass is 19.1. The Bertz CT molecular complexity index is 1510. The van der Waals surface area contributed by atoms with E-state index >= 15 is 4.39 Å². The lowest BCUT2D eigenvalue weighted by Crippen LogP contribution is -1.88. The van der Waals surface area contributed by atoms with Crippen molar-refractivity contribution in [1.29, 1.82) is 0 Å². The number of unbranched alkanes of at least 4 members (excludes halogenated alkanes) is 4. The fourth-order valence-corrected chi connectivity index (χ4v) is 4.61. The molecule has 0 saturated heterocycles. The van der Waals surface area contributed by atoms with Crippen LogP contribution in [0.5, 0.6) is 0 Å². The van der Waals surface area contributed by atoms with Gasteiger partial charge in [0.25, 0.3) is 0 Å². The van der Waals surface area contributed by atoms with E-state index in [0.29, 0.717) is 10.9 Å². The van der Waals surface area contributed by atoms with Gasteiger partial charge in [0.2, 0.25) is 0 Å². The van der Waals surface area contributed by atoms with Crippen molar-refractivity contribution in [1.82, 2.24) is 0 Å². The van der Waals surface area contributed by atoms with Crippen LogP contribution < -0.4 is 0 Å². The van der Waals surface area contributed by atoms with Crippen molar-refractivity contribution in [3.8, 4) is 23.7 Å². The summed E-state index contributed by atoms with van der Waals surface area (Å²) in [5.41, 5.74) is 5.80. The van der Waals surface area contributed by atoms with Crippen LogP contribution in [0, 0.1) is 29.5 Å². The van der Waals surface area contributed by atoms with Gasteiger partial charge in [-0.3, -0.25) is 0 Å². The number of rotatable bonds is 9. The Balaban J connectivity index is 1.41. The van der Waals surface area contributed by atoms with E-state index in [1.807, 2.05) is 37.3 Å². The first-order valence-corrected chi connectivity index (χ1v) is 14.2. The summed E-state index contributed by atoms with van der Waals surface area (Å²) >= 11 is 0. The largest absolute Gasteiger partial charge is 0.205 e.